The van der Waals surface area contributed by atoms with Crippen molar-refractivity contribution in [2.75, 3.05) is 0 Å². The molecule has 0 aliphatic heterocycles. The molecule has 0 bridgehead atoms. The lowest BCUT2D eigenvalue weighted by Gasteiger charge is -2.10. The average Bonchev–Trinajstić information content (AvgIpc) is 2.54. The van der Waals surface area contributed by atoms with Gasteiger partial charge < -0.3 is 4.55 Å². The van der Waals surface area contributed by atoms with E-state index in [-0.39, 0.29) is 0 Å². The van der Waals surface area contributed by atoms with Crippen LogP contribution in [0.2, 0.25) is 0 Å². The highest BCUT2D eigenvalue weighted by Gasteiger charge is 2.09. The quantitative estimate of drug-likeness (QED) is 0.407. The second-order valence-electron chi connectivity index (χ2n) is 5.05. The van der Waals surface area contributed by atoms with Crippen LogP contribution in [-0.2, 0) is 11.1 Å². The minimum Gasteiger partial charge on any atom is -0.302 e. The summed E-state index contributed by atoms with van der Waals surface area (Å²) in [4.78, 5) is 0.433. The standard InChI is InChI=1S/C18H12O2S/c19-21(20)12-9-10-17-15-7-2-1-5-13(15)14-6-3-4-8-16(14)18(17)11-12/h1-11H,(H,19,20). The summed E-state index contributed by atoms with van der Waals surface area (Å²) in [6.45, 7) is 0. The molecule has 3 heteroatoms. The van der Waals surface area contributed by atoms with Crippen molar-refractivity contribution in [3.8, 4) is 0 Å². The molecule has 0 aliphatic rings. The Bertz CT molecular complexity index is 986. The zero-order chi connectivity index (χ0) is 14.4. The molecule has 0 fully saturated rings. The first-order valence-electron chi connectivity index (χ1n) is 6.70. The summed E-state index contributed by atoms with van der Waals surface area (Å²) in [5.41, 5.74) is 0. The molecule has 4 aromatic rings. The number of hydrogen-bond acceptors (Lipinski definition) is 1. The third-order valence-electron chi connectivity index (χ3n) is 3.92. The van der Waals surface area contributed by atoms with Crippen LogP contribution in [-0.4, -0.2) is 8.76 Å². The van der Waals surface area contributed by atoms with Crippen LogP contribution in [0, 0.1) is 0 Å². The van der Waals surface area contributed by atoms with E-state index >= 15 is 0 Å². The van der Waals surface area contributed by atoms with Gasteiger partial charge in [-0.2, -0.15) is 0 Å². The molecule has 0 saturated carbocycles. The smallest absolute Gasteiger partial charge is 0.186 e. The van der Waals surface area contributed by atoms with E-state index < -0.39 is 11.1 Å². The Labute approximate surface area is 124 Å². The van der Waals surface area contributed by atoms with Gasteiger partial charge in [0.25, 0.3) is 0 Å². The van der Waals surface area contributed by atoms with Gasteiger partial charge in [0.05, 0.1) is 4.90 Å². The SMILES string of the molecule is O=S(O)c1ccc2c3ccccc3c3ccccc3c2c1. The lowest BCUT2D eigenvalue weighted by Crippen LogP contribution is -1.89. The summed E-state index contributed by atoms with van der Waals surface area (Å²) in [6.07, 6.45) is 0. The number of benzene rings is 4. The molecule has 1 N–H and O–H groups in total. The molecule has 4 aromatic carbocycles. The third kappa shape index (κ3) is 1.86. The molecule has 0 amide bonds. The van der Waals surface area contributed by atoms with Crippen molar-refractivity contribution in [2.24, 2.45) is 0 Å². The van der Waals surface area contributed by atoms with E-state index in [2.05, 4.69) is 24.3 Å². The summed E-state index contributed by atoms with van der Waals surface area (Å²) < 4.78 is 20.7. The fourth-order valence-electron chi connectivity index (χ4n) is 3.00. The summed E-state index contributed by atoms with van der Waals surface area (Å²) in [7, 11) is 0. The molecule has 0 aliphatic carbocycles. The van der Waals surface area contributed by atoms with E-state index in [4.69, 9.17) is 0 Å². The molecule has 1 unspecified atom stereocenters. The van der Waals surface area contributed by atoms with Gasteiger partial charge in [-0.25, -0.2) is 4.21 Å². The van der Waals surface area contributed by atoms with E-state index in [1.807, 2.05) is 36.4 Å². The molecule has 0 saturated heterocycles. The van der Waals surface area contributed by atoms with Gasteiger partial charge in [-0.05, 0) is 44.5 Å². The molecule has 0 spiro atoms. The van der Waals surface area contributed by atoms with Crippen molar-refractivity contribution < 1.29 is 8.76 Å². The highest BCUT2D eigenvalue weighted by Crippen LogP contribution is 2.35. The zero-order valence-corrected chi connectivity index (χ0v) is 11.9. The second-order valence-corrected chi connectivity index (χ2v) is 6.02. The van der Waals surface area contributed by atoms with Gasteiger partial charge >= 0.3 is 0 Å². The monoisotopic (exact) mass is 292 g/mol. The predicted molar refractivity (Wildman–Crippen MR) is 88.0 cm³/mol. The first-order valence-corrected chi connectivity index (χ1v) is 7.80. The van der Waals surface area contributed by atoms with Crippen LogP contribution in [0.15, 0.2) is 71.6 Å². The van der Waals surface area contributed by atoms with Crippen molar-refractivity contribution in [3.05, 3.63) is 66.7 Å². The van der Waals surface area contributed by atoms with Gasteiger partial charge in [-0.15, -0.1) is 0 Å². The van der Waals surface area contributed by atoms with Crippen LogP contribution in [0.4, 0.5) is 0 Å². The molecule has 2 nitrogen and oxygen atoms in total. The third-order valence-corrected chi connectivity index (χ3v) is 4.57. The predicted octanol–water partition coefficient (Wildman–Crippen LogP) is 4.73. The van der Waals surface area contributed by atoms with Gasteiger partial charge in [-0.3, -0.25) is 0 Å². The van der Waals surface area contributed by atoms with Crippen LogP contribution in [0.3, 0.4) is 0 Å². The average molecular weight is 292 g/mol. The Morgan fingerprint density at radius 3 is 1.52 bits per heavy atom. The molecule has 0 aromatic heterocycles. The first-order chi connectivity index (χ1) is 10.3. The molecule has 21 heavy (non-hydrogen) atoms. The van der Waals surface area contributed by atoms with Crippen LogP contribution in [0.1, 0.15) is 0 Å². The molecular weight excluding hydrogens is 280 g/mol. The van der Waals surface area contributed by atoms with Gasteiger partial charge in [0.1, 0.15) is 0 Å². The van der Waals surface area contributed by atoms with Crippen molar-refractivity contribution in [3.63, 3.8) is 0 Å². The van der Waals surface area contributed by atoms with Crippen molar-refractivity contribution in [1.82, 2.24) is 0 Å². The molecular formula is C18H12O2S. The van der Waals surface area contributed by atoms with E-state index in [0.717, 1.165) is 16.2 Å². The fourth-order valence-corrected chi connectivity index (χ4v) is 3.40. The van der Waals surface area contributed by atoms with E-state index in [9.17, 15) is 8.76 Å². The Kier molecular flexibility index (Phi) is 2.77. The van der Waals surface area contributed by atoms with Gasteiger partial charge in [0, 0.05) is 0 Å². The van der Waals surface area contributed by atoms with Gasteiger partial charge in [-0.1, -0.05) is 54.6 Å². The molecule has 0 radical (unpaired) electrons. The van der Waals surface area contributed by atoms with Crippen molar-refractivity contribution in [2.45, 2.75) is 4.90 Å². The minimum atomic E-state index is -1.96. The molecule has 4 rings (SSSR count). The van der Waals surface area contributed by atoms with Gasteiger partial charge in [0.2, 0.25) is 0 Å². The Hall–Kier alpha value is -2.23. The van der Waals surface area contributed by atoms with E-state index in [1.165, 1.54) is 16.2 Å². The number of fused-ring (bicyclic) bond motifs is 6. The summed E-state index contributed by atoms with van der Waals surface area (Å²) >= 11 is -1.96. The Morgan fingerprint density at radius 1 is 0.619 bits per heavy atom. The van der Waals surface area contributed by atoms with Crippen LogP contribution in [0.25, 0.3) is 32.3 Å². The van der Waals surface area contributed by atoms with E-state index in [1.54, 1.807) is 6.07 Å². The largest absolute Gasteiger partial charge is 0.302 e. The van der Waals surface area contributed by atoms with Crippen LogP contribution in [0.5, 0.6) is 0 Å². The fraction of sp³-hybridized carbons (Fsp3) is 0. The maximum absolute atomic E-state index is 11.4. The molecule has 102 valence electrons. The maximum atomic E-state index is 11.4. The first kappa shape index (κ1) is 12.5. The maximum Gasteiger partial charge on any atom is 0.186 e. The lowest BCUT2D eigenvalue weighted by atomic mass is 9.94. The summed E-state index contributed by atoms with van der Waals surface area (Å²) in [5, 5.41) is 6.78. The highest BCUT2D eigenvalue weighted by molar-refractivity contribution is 7.79. The summed E-state index contributed by atoms with van der Waals surface area (Å²) in [6, 6.07) is 21.9. The topological polar surface area (TPSA) is 37.3 Å². The summed E-state index contributed by atoms with van der Waals surface area (Å²) in [5.74, 6) is 0. The Morgan fingerprint density at radius 2 is 1.05 bits per heavy atom. The highest BCUT2D eigenvalue weighted by atomic mass is 32.2. The normalized spacial score (nSPS) is 13.0. The van der Waals surface area contributed by atoms with Crippen LogP contribution < -0.4 is 0 Å². The second kappa shape index (κ2) is 4.65. The minimum absolute atomic E-state index is 0.433. The van der Waals surface area contributed by atoms with Crippen molar-refractivity contribution in [1.29, 1.82) is 0 Å². The van der Waals surface area contributed by atoms with Crippen LogP contribution >= 0.6 is 0 Å². The zero-order valence-electron chi connectivity index (χ0n) is 11.1. The Balaban J connectivity index is 2.33. The lowest BCUT2D eigenvalue weighted by molar-refractivity contribution is 0.564. The van der Waals surface area contributed by atoms with Crippen molar-refractivity contribution >= 4 is 43.4 Å². The van der Waals surface area contributed by atoms with Gasteiger partial charge in [0.15, 0.2) is 11.1 Å². The van der Waals surface area contributed by atoms with E-state index in [0.29, 0.717) is 4.90 Å². The number of hydrogen-bond donors (Lipinski definition) is 1. The number of rotatable bonds is 1. The molecule has 1 atom stereocenters. The molecule has 0 heterocycles.